The molecule has 5 atom stereocenters. The third kappa shape index (κ3) is 2.72. The third-order valence-corrected chi connectivity index (χ3v) is 3.97. The minimum atomic E-state index is -4.50. The smallest absolute Gasteiger partial charge is 0.387 e. The van der Waals surface area contributed by atoms with Crippen LogP contribution < -0.4 is 5.32 Å². The Kier molecular flexibility index (Phi) is 3.75. The lowest BCUT2D eigenvalue weighted by molar-refractivity contribution is -0.202. The second-order valence-electron chi connectivity index (χ2n) is 4.11. The summed E-state index contributed by atoms with van der Waals surface area (Å²) in [5, 5.41) is 12.6. The molecule has 2 aliphatic heterocycles. The maximum Gasteiger partial charge on any atom is 0.391 e. The van der Waals surface area contributed by atoms with Crippen molar-refractivity contribution < 1.29 is 27.4 Å². The van der Waals surface area contributed by atoms with E-state index in [0.29, 0.717) is 5.17 Å². The number of hydrogen-bond acceptors (Lipinski definition) is 4. The second kappa shape index (κ2) is 4.86. The molecule has 18 heavy (non-hydrogen) atoms. The van der Waals surface area contributed by atoms with E-state index in [2.05, 4.69) is 10.3 Å². The molecule has 2 saturated heterocycles. The number of nitrogens with one attached hydrogen (secondary N) is 1. The molecule has 0 aliphatic carbocycles. The highest BCUT2D eigenvalue weighted by atomic mass is 32.2. The monoisotopic (exact) mass is 288 g/mol. The molecule has 0 aromatic heterocycles. The number of nitrogens with zero attached hydrogens (tertiary/aromatic N) is 1. The number of amidine groups is 1. The van der Waals surface area contributed by atoms with Gasteiger partial charge in [-0.05, 0) is 0 Å². The molecule has 5 unspecified atom stereocenters. The van der Waals surface area contributed by atoms with E-state index in [-0.39, 0.29) is 0 Å². The summed E-state index contributed by atoms with van der Waals surface area (Å²) >= 11 is 1.03. The summed E-state index contributed by atoms with van der Waals surface area (Å²) in [6, 6.07) is -0.867. The van der Waals surface area contributed by atoms with Crippen LogP contribution in [0, 0.1) is 0 Å². The molecule has 0 spiro atoms. The van der Waals surface area contributed by atoms with Crippen LogP contribution in [0.4, 0.5) is 17.6 Å². The lowest BCUT2D eigenvalue weighted by Gasteiger charge is -2.37. The topological polar surface area (TPSA) is 53.9 Å². The van der Waals surface area contributed by atoms with Crippen LogP contribution in [0.1, 0.15) is 6.42 Å². The molecule has 0 saturated carbocycles. The van der Waals surface area contributed by atoms with Crippen LogP contribution in [0.3, 0.4) is 0 Å². The molecule has 2 fully saturated rings. The number of rotatable bonds is 1. The van der Waals surface area contributed by atoms with Crippen molar-refractivity contribution in [2.24, 2.45) is 4.99 Å². The van der Waals surface area contributed by atoms with Gasteiger partial charge in [-0.15, -0.1) is 0 Å². The Morgan fingerprint density at radius 3 is 2.72 bits per heavy atom. The van der Waals surface area contributed by atoms with Gasteiger partial charge in [0.2, 0.25) is 0 Å². The minimum absolute atomic E-state index is 0.396. The summed E-state index contributed by atoms with van der Waals surface area (Å²) in [7, 11) is 1.48. The third-order valence-electron chi connectivity index (χ3n) is 2.81. The molecular weight excluding hydrogens is 276 g/mol. The van der Waals surface area contributed by atoms with Gasteiger partial charge in [0.05, 0.1) is 18.6 Å². The van der Waals surface area contributed by atoms with E-state index in [1.54, 1.807) is 0 Å². The average molecular weight is 288 g/mol. The van der Waals surface area contributed by atoms with Gasteiger partial charge in [-0.1, -0.05) is 11.8 Å². The summed E-state index contributed by atoms with van der Waals surface area (Å²) < 4.78 is 55.8. The largest absolute Gasteiger partial charge is 0.391 e. The lowest BCUT2D eigenvalue weighted by atomic mass is 9.97. The maximum absolute atomic E-state index is 13.8. The molecule has 0 aromatic rings. The highest BCUT2D eigenvalue weighted by molar-refractivity contribution is 8.14. The van der Waals surface area contributed by atoms with Crippen molar-refractivity contribution in [2.45, 2.75) is 42.5 Å². The predicted molar refractivity (Wildman–Crippen MR) is 58.1 cm³/mol. The number of halogens is 4. The van der Waals surface area contributed by atoms with Crippen LogP contribution in [0.5, 0.6) is 0 Å². The fraction of sp³-hybridized carbons (Fsp3) is 0.889. The first-order valence-corrected chi connectivity index (χ1v) is 6.14. The van der Waals surface area contributed by atoms with Crippen molar-refractivity contribution >= 4 is 16.9 Å². The Bertz CT molecular complexity index is 352. The minimum Gasteiger partial charge on any atom is -0.387 e. The Morgan fingerprint density at radius 2 is 2.17 bits per heavy atom. The van der Waals surface area contributed by atoms with Crippen molar-refractivity contribution in [2.75, 3.05) is 7.05 Å². The van der Waals surface area contributed by atoms with Crippen LogP contribution in [0.25, 0.3) is 0 Å². The van der Waals surface area contributed by atoms with Gasteiger partial charge in [-0.3, -0.25) is 4.99 Å². The summed E-state index contributed by atoms with van der Waals surface area (Å²) in [5.74, 6) is 0. The number of alkyl halides is 4. The molecule has 2 N–H and O–H groups in total. The number of aliphatic hydroxyl groups excluding tert-OH is 1. The van der Waals surface area contributed by atoms with E-state index in [1.807, 2.05) is 0 Å². The Morgan fingerprint density at radius 1 is 1.50 bits per heavy atom. The molecule has 104 valence electrons. The van der Waals surface area contributed by atoms with Gasteiger partial charge in [0.15, 0.2) is 11.3 Å². The Labute approximate surface area is 105 Å². The van der Waals surface area contributed by atoms with Gasteiger partial charge >= 0.3 is 6.18 Å². The Balaban J connectivity index is 2.10. The summed E-state index contributed by atoms with van der Waals surface area (Å²) in [5.41, 5.74) is -0.797. The quantitative estimate of drug-likeness (QED) is 0.708. The molecule has 0 amide bonds. The summed E-state index contributed by atoms with van der Waals surface area (Å²) in [4.78, 5) is 3.79. The molecule has 0 radical (unpaired) electrons. The first-order chi connectivity index (χ1) is 8.31. The van der Waals surface area contributed by atoms with E-state index in [0.717, 1.165) is 11.8 Å². The maximum atomic E-state index is 13.8. The number of ether oxygens (including phenoxy) is 1. The molecule has 0 aromatic carbocycles. The van der Waals surface area contributed by atoms with E-state index in [4.69, 9.17) is 4.74 Å². The highest BCUT2D eigenvalue weighted by Gasteiger charge is 2.52. The van der Waals surface area contributed by atoms with Crippen LogP contribution in [-0.4, -0.2) is 53.4 Å². The molecule has 4 nitrogen and oxygen atoms in total. The van der Waals surface area contributed by atoms with Crippen LogP contribution in [0.2, 0.25) is 0 Å². The second-order valence-corrected chi connectivity index (χ2v) is 5.20. The van der Waals surface area contributed by atoms with Gasteiger partial charge in [-0.2, -0.15) is 13.2 Å². The first-order valence-electron chi connectivity index (χ1n) is 5.26. The number of aliphatic hydroxyl groups is 1. The fourth-order valence-electron chi connectivity index (χ4n) is 1.95. The molecular formula is C9H12F4N2O2S. The van der Waals surface area contributed by atoms with Crippen molar-refractivity contribution in [1.82, 2.24) is 5.32 Å². The van der Waals surface area contributed by atoms with Gasteiger partial charge < -0.3 is 15.2 Å². The molecule has 9 heteroatoms. The van der Waals surface area contributed by atoms with Crippen LogP contribution >= 0.6 is 11.8 Å². The lowest BCUT2D eigenvalue weighted by Crippen LogP contribution is -2.57. The van der Waals surface area contributed by atoms with Gasteiger partial charge in [0.1, 0.15) is 11.5 Å². The van der Waals surface area contributed by atoms with Gasteiger partial charge in [0.25, 0.3) is 0 Å². The number of aliphatic imine (C=N–C) groups is 1. The van der Waals surface area contributed by atoms with Crippen molar-refractivity contribution in [3.05, 3.63) is 0 Å². The van der Waals surface area contributed by atoms with E-state index < -0.39 is 42.5 Å². The van der Waals surface area contributed by atoms with Crippen molar-refractivity contribution in [1.29, 1.82) is 0 Å². The summed E-state index contributed by atoms with van der Waals surface area (Å²) in [6.07, 6.45) is -11.1. The number of hydrogen-bond donors (Lipinski definition) is 2. The van der Waals surface area contributed by atoms with Crippen LogP contribution in [-0.2, 0) is 4.74 Å². The number of fused-ring (bicyclic) bond motifs is 1. The highest BCUT2D eigenvalue weighted by Crippen LogP contribution is 2.38. The zero-order valence-corrected chi connectivity index (χ0v) is 10.1. The van der Waals surface area contributed by atoms with Crippen molar-refractivity contribution in [3.63, 3.8) is 0 Å². The molecule has 0 bridgehead atoms. The van der Waals surface area contributed by atoms with E-state index in [1.165, 1.54) is 7.05 Å². The number of thioether (sulfide) groups is 1. The summed E-state index contributed by atoms with van der Waals surface area (Å²) in [6.45, 7) is 0. The zero-order valence-electron chi connectivity index (χ0n) is 9.32. The molecule has 2 heterocycles. The predicted octanol–water partition coefficient (Wildman–Crippen LogP) is 1.05. The van der Waals surface area contributed by atoms with Gasteiger partial charge in [-0.25, -0.2) is 4.39 Å². The molecule has 2 aliphatic rings. The zero-order chi connectivity index (χ0) is 13.5. The standard InChI is InChI=1S/C9H12F4N2O2S/c1-14-8-15-5-4(10)6(16)3(2-9(11,12)13)17-7(5)18-8/h3-7,16H,2H2,1H3,(H,14,15). The van der Waals surface area contributed by atoms with Crippen molar-refractivity contribution in [3.8, 4) is 0 Å². The average Bonchev–Trinajstić information content (AvgIpc) is 2.67. The normalized spacial score (nSPS) is 42.8. The fourth-order valence-corrected chi connectivity index (χ4v) is 3.05. The molecule has 2 rings (SSSR count). The Hall–Kier alpha value is -0.540. The SMILES string of the molecule is CN=C1NC2C(OC(CC(F)(F)F)C(O)C2F)S1. The first kappa shape index (κ1) is 13.9. The van der Waals surface area contributed by atoms with E-state index >= 15 is 0 Å². The van der Waals surface area contributed by atoms with Gasteiger partial charge in [0, 0.05) is 7.05 Å². The van der Waals surface area contributed by atoms with E-state index in [9.17, 15) is 22.7 Å². The van der Waals surface area contributed by atoms with Crippen LogP contribution in [0.15, 0.2) is 4.99 Å².